The number of benzene rings is 1. The minimum atomic E-state index is -2.88. The fourth-order valence-corrected chi connectivity index (χ4v) is 2.27. The lowest BCUT2D eigenvalue weighted by molar-refractivity contribution is -0.120. The van der Waals surface area contributed by atoms with Crippen molar-refractivity contribution in [3.05, 3.63) is 29.8 Å². The van der Waals surface area contributed by atoms with Crippen molar-refractivity contribution in [1.29, 1.82) is 5.26 Å². The molecule has 2 rings (SSSR count). The number of alkyl halides is 2. The molecule has 1 aromatic rings. The minimum Gasteiger partial charge on any atom is -0.435 e. The topological polar surface area (TPSA) is 50.1 Å². The molecule has 0 aliphatic heterocycles. The van der Waals surface area contributed by atoms with Crippen LogP contribution in [0.1, 0.15) is 37.2 Å². The van der Waals surface area contributed by atoms with Crippen LogP contribution < -0.4 is 4.74 Å². The van der Waals surface area contributed by atoms with Gasteiger partial charge in [0.2, 0.25) is 0 Å². The molecular formula is C15H15F2NO2. The number of Topliss-reactive ketones (excluding diaryl/α,β-unsaturated/α-hetero) is 1. The van der Waals surface area contributed by atoms with Gasteiger partial charge in [0.25, 0.3) is 0 Å². The van der Waals surface area contributed by atoms with Crippen molar-refractivity contribution in [3.63, 3.8) is 0 Å². The molecule has 106 valence electrons. The maximum atomic E-state index is 12.1. The molecule has 0 amide bonds. The number of nitriles is 1. The average molecular weight is 279 g/mol. The molecule has 1 aliphatic rings. The van der Waals surface area contributed by atoms with E-state index in [0.29, 0.717) is 17.9 Å². The van der Waals surface area contributed by atoms with E-state index in [9.17, 15) is 13.6 Å². The summed E-state index contributed by atoms with van der Waals surface area (Å²) in [4.78, 5) is 12.1. The fraction of sp³-hybridized carbons (Fsp3) is 0.467. The van der Waals surface area contributed by atoms with E-state index in [-0.39, 0.29) is 11.5 Å². The minimum absolute atomic E-state index is 0.0203. The molecule has 1 saturated carbocycles. The van der Waals surface area contributed by atoms with E-state index >= 15 is 0 Å². The van der Waals surface area contributed by atoms with Gasteiger partial charge in [-0.25, -0.2) is 0 Å². The molecule has 1 fully saturated rings. The van der Waals surface area contributed by atoms with E-state index in [4.69, 9.17) is 5.26 Å². The molecule has 20 heavy (non-hydrogen) atoms. The normalized spacial score (nSPS) is 16.3. The number of halogens is 2. The molecular weight excluding hydrogens is 264 g/mol. The molecule has 0 bridgehead atoms. The van der Waals surface area contributed by atoms with Crippen molar-refractivity contribution < 1.29 is 18.3 Å². The third-order valence-corrected chi connectivity index (χ3v) is 3.60. The zero-order valence-electron chi connectivity index (χ0n) is 10.9. The molecule has 0 heterocycles. The van der Waals surface area contributed by atoms with Crippen LogP contribution in [0.3, 0.4) is 0 Å². The van der Waals surface area contributed by atoms with Gasteiger partial charge < -0.3 is 4.74 Å². The Hall–Kier alpha value is -1.96. The average Bonchev–Trinajstić information content (AvgIpc) is 2.36. The standard InChI is InChI=1S/C15H15F2NO2/c16-15(17)20-12-6-4-11(5-7-12)13(9-18)14(19)8-10-2-1-3-10/h4-7,10,13,15H,1-3,8H2. The summed E-state index contributed by atoms with van der Waals surface area (Å²) in [6.45, 7) is -2.88. The van der Waals surface area contributed by atoms with Crippen LogP contribution in [0.25, 0.3) is 0 Å². The molecule has 1 aliphatic carbocycles. The predicted molar refractivity (Wildman–Crippen MR) is 68.4 cm³/mol. The maximum Gasteiger partial charge on any atom is 0.387 e. The summed E-state index contributed by atoms with van der Waals surface area (Å²) < 4.78 is 28.3. The summed E-state index contributed by atoms with van der Waals surface area (Å²) >= 11 is 0. The molecule has 5 heteroatoms. The number of ketones is 1. The van der Waals surface area contributed by atoms with Crippen LogP contribution in [0.15, 0.2) is 24.3 Å². The van der Waals surface area contributed by atoms with Gasteiger partial charge in [-0.05, 0) is 23.6 Å². The highest BCUT2D eigenvalue weighted by Crippen LogP contribution is 2.32. The largest absolute Gasteiger partial charge is 0.435 e. The molecule has 0 aromatic heterocycles. The summed E-state index contributed by atoms with van der Waals surface area (Å²) in [5.41, 5.74) is 0.526. The lowest BCUT2D eigenvalue weighted by Crippen LogP contribution is -2.20. The van der Waals surface area contributed by atoms with Crippen LogP contribution in [0, 0.1) is 17.2 Å². The third kappa shape index (κ3) is 3.53. The van der Waals surface area contributed by atoms with Crippen LogP contribution in [0.5, 0.6) is 5.75 Å². The van der Waals surface area contributed by atoms with Crippen molar-refractivity contribution >= 4 is 5.78 Å². The van der Waals surface area contributed by atoms with Gasteiger partial charge in [-0.1, -0.05) is 31.4 Å². The number of carbonyl (C=O) groups is 1. The van der Waals surface area contributed by atoms with Crippen LogP contribution in [0.2, 0.25) is 0 Å². The summed E-state index contributed by atoms with van der Waals surface area (Å²) in [7, 11) is 0. The Morgan fingerprint density at radius 1 is 1.35 bits per heavy atom. The molecule has 0 radical (unpaired) electrons. The van der Waals surface area contributed by atoms with E-state index in [2.05, 4.69) is 4.74 Å². The van der Waals surface area contributed by atoms with Gasteiger partial charge in [0.1, 0.15) is 11.7 Å². The van der Waals surface area contributed by atoms with Gasteiger partial charge in [-0.15, -0.1) is 0 Å². The molecule has 0 saturated heterocycles. The second-order valence-electron chi connectivity index (χ2n) is 4.98. The van der Waals surface area contributed by atoms with Crippen molar-refractivity contribution in [1.82, 2.24) is 0 Å². The number of nitrogens with zero attached hydrogens (tertiary/aromatic N) is 1. The van der Waals surface area contributed by atoms with Gasteiger partial charge in [0, 0.05) is 6.42 Å². The third-order valence-electron chi connectivity index (χ3n) is 3.60. The molecule has 1 unspecified atom stereocenters. The van der Waals surface area contributed by atoms with Crippen LogP contribution in [-0.2, 0) is 4.79 Å². The number of carbonyl (C=O) groups excluding carboxylic acids is 1. The zero-order chi connectivity index (χ0) is 14.5. The van der Waals surface area contributed by atoms with Crippen LogP contribution >= 0.6 is 0 Å². The van der Waals surface area contributed by atoms with E-state index in [1.807, 2.05) is 6.07 Å². The van der Waals surface area contributed by atoms with Crippen molar-refractivity contribution in [2.45, 2.75) is 38.2 Å². The lowest BCUT2D eigenvalue weighted by Gasteiger charge is -2.25. The highest BCUT2D eigenvalue weighted by Gasteiger charge is 2.26. The van der Waals surface area contributed by atoms with Crippen LogP contribution in [0.4, 0.5) is 8.78 Å². The number of hydrogen-bond donors (Lipinski definition) is 0. The molecule has 0 spiro atoms. The summed E-state index contributed by atoms with van der Waals surface area (Å²) in [6, 6.07) is 7.67. The Balaban J connectivity index is 2.03. The quantitative estimate of drug-likeness (QED) is 0.798. The Bertz CT molecular complexity index is 504. The molecule has 1 atom stereocenters. The molecule has 0 N–H and O–H groups in total. The Labute approximate surface area is 116 Å². The Morgan fingerprint density at radius 3 is 2.45 bits per heavy atom. The Morgan fingerprint density at radius 2 is 2.00 bits per heavy atom. The van der Waals surface area contributed by atoms with Gasteiger partial charge in [-0.3, -0.25) is 4.79 Å². The zero-order valence-corrected chi connectivity index (χ0v) is 10.9. The number of hydrogen-bond acceptors (Lipinski definition) is 3. The summed E-state index contributed by atoms with van der Waals surface area (Å²) in [5.74, 6) is -0.498. The Kier molecular flexibility index (Phi) is 4.67. The molecule has 3 nitrogen and oxygen atoms in total. The second kappa shape index (κ2) is 6.47. The van der Waals surface area contributed by atoms with Gasteiger partial charge in [0.15, 0.2) is 5.78 Å². The van der Waals surface area contributed by atoms with E-state index in [0.717, 1.165) is 19.3 Å². The number of ether oxygens (including phenoxy) is 1. The first-order valence-corrected chi connectivity index (χ1v) is 6.57. The monoisotopic (exact) mass is 279 g/mol. The van der Waals surface area contributed by atoms with Crippen molar-refractivity contribution in [2.75, 3.05) is 0 Å². The van der Waals surface area contributed by atoms with Crippen LogP contribution in [-0.4, -0.2) is 12.4 Å². The van der Waals surface area contributed by atoms with Crippen molar-refractivity contribution in [3.8, 4) is 11.8 Å². The predicted octanol–water partition coefficient (Wildman–Crippen LogP) is 3.65. The fourth-order valence-electron chi connectivity index (χ4n) is 2.27. The molecule has 1 aromatic carbocycles. The smallest absolute Gasteiger partial charge is 0.387 e. The van der Waals surface area contributed by atoms with Gasteiger partial charge in [0.05, 0.1) is 6.07 Å². The van der Waals surface area contributed by atoms with Crippen molar-refractivity contribution in [2.24, 2.45) is 5.92 Å². The highest BCUT2D eigenvalue weighted by molar-refractivity contribution is 5.88. The summed E-state index contributed by atoms with van der Waals surface area (Å²) in [5, 5.41) is 9.15. The first kappa shape index (κ1) is 14.4. The SMILES string of the molecule is N#CC(C(=O)CC1CCC1)c1ccc(OC(F)F)cc1. The van der Waals surface area contributed by atoms with E-state index in [1.165, 1.54) is 24.3 Å². The van der Waals surface area contributed by atoms with E-state index in [1.54, 1.807) is 0 Å². The second-order valence-corrected chi connectivity index (χ2v) is 4.98. The first-order valence-electron chi connectivity index (χ1n) is 6.57. The van der Waals surface area contributed by atoms with E-state index < -0.39 is 12.5 Å². The summed E-state index contributed by atoms with van der Waals surface area (Å²) in [6.07, 6.45) is 3.67. The highest BCUT2D eigenvalue weighted by atomic mass is 19.3. The first-order chi connectivity index (χ1) is 9.60. The van der Waals surface area contributed by atoms with Gasteiger partial charge in [-0.2, -0.15) is 14.0 Å². The number of rotatable bonds is 6. The van der Waals surface area contributed by atoms with Gasteiger partial charge >= 0.3 is 6.61 Å². The lowest BCUT2D eigenvalue weighted by atomic mass is 9.79. The maximum absolute atomic E-state index is 12.1.